The lowest BCUT2D eigenvalue weighted by molar-refractivity contribution is 0.315. The van der Waals surface area contributed by atoms with Crippen LogP contribution in [-0.2, 0) is 6.54 Å². The van der Waals surface area contributed by atoms with Crippen LogP contribution < -0.4 is 0 Å². The largest absolute Gasteiger partial charge is 0.301 e. The van der Waals surface area contributed by atoms with Gasteiger partial charge in [-0.05, 0) is 50.0 Å². The van der Waals surface area contributed by atoms with Gasteiger partial charge in [-0.3, -0.25) is 0 Å². The number of aryl methyl sites for hydroxylation is 1. The van der Waals surface area contributed by atoms with Crippen LogP contribution in [0.4, 0.5) is 0 Å². The second-order valence-electron chi connectivity index (χ2n) is 5.12. The Bertz CT molecular complexity index is 495. The van der Waals surface area contributed by atoms with Crippen LogP contribution in [0.25, 0.3) is 0 Å². The Morgan fingerprint density at radius 2 is 2.00 bits per heavy atom. The van der Waals surface area contributed by atoms with Crippen LogP contribution in [0.2, 0.25) is 0 Å². The summed E-state index contributed by atoms with van der Waals surface area (Å²) >= 11 is 1.51. The van der Waals surface area contributed by atoms with Gasteiger partial charge in [0, 0.05) is 6.54 Å². The van der Waals surface area contributed by atoms with Gasteiger partial charge in [-0.2, -0.15) is 0 Å². The van der Waals surface area contributed by atoms with Crippen molar-refractivity contribution in [3.05, 3.63) is 46.5 Å². The first-order chi connectivity index (χ1) is 9.16. The number of benzene rings is 1. The highest BCUT2D eigenvalue weighted by Crippen LogP contribution is 2.19. The van der Waals surface area contributed by atoms with Gasteiger partial charge in [0.1, 0.15) is 0 Å². The van der Waals surface area contributed by atoms with E-state index in [1.54, 1.807) is 0 Å². The Kier molecular flexibility index (Phi) is 5.05. The van der Waals surface area contributed by atoms with Crippen LogP contribution in [0.1, 0.15) is 35.4 Å². The smallest absolute Gasteiger partial charge is 0.0769 e. The Morgan fingerprint density at radius 1 is 1.26 bits per heavy atom. The van der Waals surface area contributed by atoms with Crippen molar-refractivity contribution < 1.29 is 0 Å². The molecule has 2 aromatic rings. The van der Waals surface area contributed by atoms with Crippen LogP contribution in [-0.4, -0.2) is 28.1 Å². The van der Waals surface area contributed by atoms with Crippen LogP contribution in [0.3, 0.4) is 0 Å². The van der Waals surface area contributed by atoms with Crippen LogP contribution in [0, 0.1) is 6.92 Å². The lowest BCUT2D eigenvalue weighted by Crippen LogP contribution is -2.20. The Balaban J connectivity index is 1.81. The monoisotopic (exact) mass is 275 g/mol. The number of rotatable bonds is 6. The van der Waals surface area contributed by atoms with Gasteiger partial charge < -0.3 is 4.90 Å². The average Bonchev–Trinajstić information content (AvgIpc) is 2.82. The predicted octanol–water partition coefficient (Wildman–Crippen LogP) is 3.47. The zero-order valence-corrected chi connectivity index (χ0v) is 12.7. The summed E-state index contributed by atoms with van der Waals surface area (Å²) in [6, 6.07) is 10.7. The second kappa shape index (κ2) is 6.78. The summed E-state index contributed by atoms with van der Waals surface area (Å²) in [5, 5.41) is 4.05. The lowest BCUT2D eigenvalue weighted by Gasteiger charge is -2.19. The molecule has 0 radical (unpaired) electrons. The molecule has 0 N–H and O–H groups in total. The molecule has 0 spiro atoms. The first kappa shape index (κ1) is 14.2. The van der Waals surface area contributed by atoms with E-state index < -0.39 is 0 Å². The van der Waals surface area contributed by atoms with Crippen LogP contribution in [0.15, 0.2) is 30.3 Å². The fourth-order valence-corrected chi connectivity index (χ4v) is 2.80. The number of hydrogen-bond donors (Lipinski definition) is 0. The molecule has 1 aromatic carbocycles. The molecule has 0 saturated carbocycles. The zero-order valence-electron chi connectivity index (χ0n) is 11.8. The van der Waals surface area contributed by atoms with Gasteiger partial charge in [-0.15, -0.1) is 5.10 Å². The number of nitrogens with zero attached hydrogens (tertiary/aromatic N) is 3. The molecule has 4 heteroatoms. The third-order valence-electron chi connectivity index (χ3n) is 3.47. The molecule has 0 amide bonds. The summed E-state index contributed by atoms with van der Waals surface area (Å²) in [6.07, 6.45) is 1.17. The molecule has 1 aromatic heterocycles. The first-order valence-electron chi connectivity index (χ1n) is 6.68. The maximum absolute atomic E-state index is 4.05. The summed E-state index contributed by atoms with van der Waals surface area (Å²) in [5.41, 5.74) is 2.49. The third-order valence-corrected chi connectivity index (χ3v) is 4.28. The fourth-order valence-electron chi connectivity index (χ4n) is 2.08. The highest BCUT2D eigenvalue weighted by atomic mass is 32.1. The molecular weight excluding hydrogens is 254 g/mol. The normalized spacial score (nSPS) is 12.8. The summed E-state index contributed by atoms with van der Waals surface area (Å²) in [4.78, 5) is 3.62. The topological polar surface area (TPSA) is 29.0 Å². The lowest BCUT2D eigenvalue weighted by atomic mass is 9.98. The van der Waals surface area contributed by atoms with Crippen molar-refractivity contribution in [1.29, 1.82) is 0 Å². The molecule has 0 aliphatic rings. The van der Waals surface area contributed by atoms with Crippen LogP contribution in [0.5, 0.6) is 0 Å². The van der Waals surface area contributed by atoms with Crippen molar-refractivity contribution in [3.63, 3.8) is 0 Å². The summed E-state index contributed by atoms with van der Waals surface area (Å²) in [7, 11) is 2.16. The van der Waals surface area contributed by atoms with Gasteiger partial charge in [0.15, 0.2) is 0 Å². The summed E-state index contributed by atoms with van der Waals surface area (Å²) in [5.74, 6) is 0.601. The third kappa shape index (κ3) is 4.11. The van der Waals surface area contributed by atoms with E-state index in [0.29, 0.717) is 5.92 Å². The van der Waals surface area contributed by atoms with E-state index in [4.69, 9.17) is 0 Å². The Morgan fingerprint density at radius 3 is 2.63 bits per heavy atom. The van der Waals surface area contributed by atoms with Gasteiger partial charge in [0.25, 0.3) is 0 Å². The van der Waals surface area contributed by atoms with Crippen molar-refractivity contribution in [2.24, 2.45) is 0 Å². The molecule has 2 rings (SSSR count). The zero-order chi connectivity index (χ0) is 13.7. The number of hydrogen-bond acceptors (Lipinski definition) is 4. The SMILES string of the molecule is Cc1nnsc1CN(C)CCC(C)c1ccccc1. The van der Waals surface area contributed by atoms with E-state index in [-0.39, 0.29) is 0 Å². The van der Waals surface area contributed by atoms with Crippen molar-refractivity contribution in [2.75, 3.05) is 13.6 Å². The van der Waals surface area contributed by atoms with E-state index in [2.05, 4.69) is 58.8 Å². The highest BCUT2D eigenvalue weighted by Gasteiger charge is 2.09. The van der Waals surface area contributed by atoms with E-state index in [9.17, 15) is 0 Å². The van der Waals surface area contributed by atoms with Crippen LogP contribution >= 0.6 is 11.5 Å². The Hall–Kier alpha value is -1.26. The van der Waals surface area contributed by atoms with E-state index in [1.807, 2.05) is 6.92 Å². The summed E-state index contributed by atoms with van der Waals surface area (Å²) in [6.45, 7) is 6.36. The maximum Gasteiger partial charge on any atom is 0.0769 e. The molecular formula is C15H21N3S. The van der Waals surface area contributed by atoms with Crippen molar-refractivity contribution in [1.82, 2.24) is 14.5 Å². The van der Waals surface area contributed by atoms with Gasteiger partial charge in [0.2, 0.25) is 0 Å². The van der Waals surface area contributed by atoms with Gasteiger partial charge in [0.05, 0.1) is 10.6 Å². The quantitative estimate of drug-likeness (QED) is 0.808. The molecule has 0 aliphatic heterocycles. The van der Waals surface area contributed by atoms with Crippen molar-refractivity contribution >= 4 is 11.5 Å². The molecule has 102 valence electrons. The molecule has 1 atom stereocenters. The minimum absolute atomic E-state index is 0.601. The van der Waals surface area contributed by atoms with Crippen molar-refractivity contribution in [3.8, 4) is 0 Å². The first-order valence-corrected chi connectivity index (χ1v) is 7.45. The highest BCUT2D eigenvalue weighted by molar-refractivity contribution is 7.05. The standard InChI is InChI=1S/C15H21N3S/c1-12(14-7-5-4-6-8-14)9-10-18(3)11-15-13(2)16-17-19-15/h4-8,12H,9-11H2,1-3H3. The molecule has 19 heavy (non-hydrogen) atoms. The predicted molar refractivity (Wildman–Crippen MR) is 80.5 cm³/mol. The molecule has 0 fully saturated rings. The fraction of sp³-hybridized carbons (Fsp3) is 0.467. The molecule has 0 bridgehead atoms. The van der Waals surface area contributed by atoms with Gasteiger partial charge in [-0.1, -0.05) is 41.7 Å². The molecule has 1 heterocycles. The van der Waals surface area contributed by atoms with E-state index in [1.165, 1.54) is 28.4 Å². The summed E-state index contributed by atoms with van der Waals surface area (Å²) < 4.78 is 3.98. The van der Waals surface area contributed by atoms with Crippen molar-refractivity contribution in [2.45, 2.75) is 32.7 Å². The average molecular weight is 275 g/mol. The number of aromatic nitrogens is 2. The van der Waals surface area contributed by atoms with Gasteiger partial charge in [-0.25, -0.2) is 0 Å². The Labute approximate surface area is 119 Å². The molecule has 0 saturated heterocycles. The van der Waals surface area contributed by atoms with E-state index >= 15 is 0 Å². The molecule has 0 aliphatic carbocycles. The maximum atomic E-state index is 4.05. The molecule has 3 nitrogen and oxygen atoms in total. The minimum Gasteiger partial charge on any atom is -0.301 e. The second-order valence-corrected chi connectivity index (χ2v) is 5.96. The minimum atomic E-state index is 0.601. The van der Waals surface area contributed by atoms with Gasteiger partial charge >= 0.3 is 0 Å². The molecule has 1 unspecified atom stereocenters. The van der Waals surface area contributed by atoms with E-state index in [0.717, 1.165) is 18.8 Å².